The first-order valence-corrected chi connectivity index (χ1v) is 7.96. The number of ketones is 2. The Hall–Kier alpha value is -3.14. The van der Waals surface area contributed by atoms with Gasteiger partial charge in [0.15, 0.2) is 11.6 Å². The second-order valence-corrected chi connectivity index (χ2v) is 6.24. The number of para-hydroxylation sites is 2. The summed E-state index contributed by atoms with van der Waals surface area (Å²) >= 11 is 0. The van der Waals surface area contributed by atoms with E-state index in [0.717, 1.165) is 11.4 Å². The van der Waals surface area contributed by atoms with Gasteiger partial charge in [-0.15, -0.1) is 0 Å². The number of fused-ring (bicyclic) bond motifs is 4. The molecule has 0 amide bonds. The summed E-state index contributed by atoms with van der Waals surface area (Å²) in [4.78, 5) is 25.6. The molecule has 3 aliphatic rings. The Kier molecular flexibility index (Phi) is 2.59. The number of rotatable bonds is 0. The summed E-state index contributed by atoms with van der Waals surface area (Å²) in [6.07, 6.45) is 3.78. The van der Waals surface area contributed by atoms with E-state index in [1.165, 1.54) is 0 Å². The molecule has 0 fully saturated rings. The maximum Gasteiger partial charge on any atom is 0.193 e. The van der Waals surface area contributed by atoms with E-state index < -0.39 is 0 Å². The van der Waals surface area contributed by atoms with E-state index >= 15 is 0 Å². The molecule has 5 rings (SSSR count). The Labute approximate surface area is 138 Å². The fraction of sp³-hybridized carbons (Fsp3) is 0.100. The topological polar surface area (TPSA) is 58.2 Å². The molecule has 2 N–H and O–H groups in total. The Bertz CT molecular complexity index is 892. The first kappa shape index (κ1) is 13.3. The molecular formula is C20H14N2O2. The number of hydrogen-bond donors (Lipinski definition) is 2. The van der Waals surface area contributed by atoms with Crippen LogP contribution in [0.2, 0.25) is 0 Å². The minimum absolute atomic E-state index is 0.0257. The van der Waals surface area contributed by atoms with Crippen molar-refractivity contribution in [3.8, 4) is 0 Å². The van der Waals surface area contributed by atoms with Crippen molar-refractivity contribution < 1.29 is 9.59 Å². The number of anilines is 2. The lowest BCUT2D eigenvalue weighted by atomic mass is 9.80. The van der Waals surface area contributed by atoms with Crippen LogP contribution >= 0.6 is 0 Å². The zero-order valence-corrected chi connectivity index (χ0v) is 12.7. The minimum Gasteiger partial charge on any atom is -0.374 e. The molecule has 116 valence electrons. The van der Waals surface area contributed by atoms with Crippen LogP contribution in [-0.2, 0) is 0 Å². The number of Topliss-reactive ketones (excluding diaryl/α,β-unsaturated/α-hetero) is 2. The summed E-state index contributed by atoms with van der Waals surface area (Å²) in [6.45, 7) is 0. The molecule has 2 atom stereocenters. The van der Waals surface area contributed by atoms with E-state index in [-0.39, 0.29) is 23.7 Å². The van der Waals surface area contributed by atoms with Gasteiger partial charge in [-0.2, -0.15) is 0 Å². The van der Waals surface area contributed by atoms with Gasteiger partial charge in [-0.3, -0.25) is 9.59 Å². The molecule has 4 heteroatoms. The summed E-state index contributed by atoms with van der Waals surface area (Å²) in [7, 11) is 0. The van der Waals surface area contributed by atoms with E-state index in [1.807, 2.05) is 60.7 Å². The van der Waals surface area contributed by atoms with Crippen molar-refractivity contribution in [3.05, 3.63) is 83.0 Å². The quantitative estimate of drug-likeness (QED) is 0.784. The molecule has 2 aromatic carbocycles. The molecule has 0 saturated heterocycles. The first-order valence-electron chi connectivity index (χ1n) is 7.96. The minimum atomic E-state index is -0.255. The van der Waals surface area contributed by atoms with Gasteiger partial charge < -0.3 is 10.6 Å². The average Bonchev–Trinajstić information content (AvgIpc) is 2.62. The third-order valence-corrected chi connectivity index (χ3v) is 4.85. The molecule has 2 heterocycles. The zero-order chi connectivity index (χ0) is 16.3. The fourth-order valence-electron chi connectivity index (χ4n) is 3.68. The van der Waals surface area contributed by atoms with Gasteiger partial charge in [-0.1, -0.05) is 24.3 Å². The van der Waals surface area contributed by atoms with Crippen LogP contribution in [0.4, 0.5) is 11.4 Å². The van der Waals surface area contributed by atoms with Crippen LogP contribution in [0.15, 0.2) is 71.8 Å². The monoisotopic (exact) mass is 314 g/mol. The molecule has 4 nitrogen and oxygen atoms in total. The van der Waals surface area contributed by atoms with E-state index in [2.05, 4.69) is 10.6 Å². The van der Waals surface area contributed by atoms with Crippen molar-refractivity contribution >= 4 is 22.9 Å². The Morgan fingerprint density at radius 2 is 1.04 bits per heavy atom. The summed E-state index contributed by atoms with van der Waals surface area (Å²) in [6, 6.07) is 14.5. The van der Waals surface area contributed by atoms with Crippen molar-refractivity contribution in [2.45, 2.75) is 12.1 Å². The predicted octanol–water partition coefficient (Wildman–Crippen LogP) is 3.21. The van der Waals surface area contributed by atoms with Crippen molar-refractivity contribution in [3.63, 3.8) is 0 Å². The average molecular weight is 314 g/mol. The third-order valence-electron chi connectivity index (χ3n) is 4.85. The van der Waals surface area contributed by atoms with Crippen molar-refractivity contribution in [1.82, 2.24) is 0 Å². The second-order valence-electron chi connectivity index (χ2n) is 6.24. The van der Waals surface area contributed by atoms with Gasteiger partial charge in [0.2, 0.25) is 0 Å². The number of carbonyl (C=O) groups excluding carboxylic acids is 2. The molecule has 24 heavy (non-hydrogen) atoms. The van der Waals surface area contributed by atoms with E-state index in [4.69, 9.17) is 0 Å². The van der Waals surface area contributed by atoms with Gasteiger partial charge in [-0.25, -0.2) is 0 Å². The van der Waals surface area contributed by atoms with E-state index in [1.54, 1.807) is 0 Å². The van der Waals surface area contributed by atoms with Crippen LogP contribution in [0, 0.1) is 0 Å². The van der Waals surface area contributed by atoms with Gasteiger partial charge in [0, 0.05) is 33.6 Å². The largest absolute Gasteiger partial charge is 0.374 e. The number of benzene rings is 2. The first-order chi connectivity index (χ1) is 11.7. The fourth-order valence-corrected chi connectivity index (χ4v) is 3.68. The van der Waals surface area contributed by atoms with Crippen LogP contribution < -0.4 is 10.6 Å². The van der Waals surface area contributed by atoms with Gasteiger partial charge >= 0.3 is 0 Å². The van der Waals surface area contributed by atoms with Crippen molar-refractivity contribution in [2.75, 3.05) is 10.6 Å². The van der Waals surface area contributed by atoms with Crippen LogP contribution in [0.5, 0.6) is 0 Å². The second kappa shape index (κ2) is 4.68. The van der Waals surface area contributed by atoms with Crippen LogP contribution in [0.1, 0.15) is 20.7 Å². The zero-order valence-electron chi connectivity index (χ0n) is 12.7. The highest BCUT2D eigenvalue weighted by molar-refractivity contribution is 6.19. The number of nitrogens with one attached hydrogen (secondary N) is 2. The lowest BCUT2D eigenvalue weighted by Gasteiger charge is -2.35. The van der Waals surface area contributed by atoms with Gasteiger partial charge in [0.25, 0.3) is 0 Å². The number of carbonyl (C=O) groups is 2. The normalized spacial score (nSPS) is 23.5. The summed E-state index contributed by atoms with van der Waals surface area (Å²) < 4.78 is 0. The third kappa shape index (κ3) is 1.74. The standard InChI is InChI=1S/C20H14N2O2/c23-19-11-5-1-3-7-15(11)21-17-10-14-18(9-13(17)19)22-16-8-4-2-6-12(16)20(14)24/h1-10,17-18,21-22H. The SMILES string of the molecule is O=C1C2=CC3Nc4ccccc4C(=O)C3=CC2Nc2ccccc21. The van der Waals surface area contributed by atoms with Crippen molar-refractivity contribution in [2.24, 2.45) is 0 Å². The van der Waals surface area contributed by atoms with Crippen molar-refractivity contribution in [1.29, 1.82) is 0 Å². The Morgan fingerprint density at radius 3 is 1.50 bits per heavy atom. The summed E-state index contributed by atoms with van der Waals surface area (Å²) in [5.41, 5.74) is 4.39. The van der Waals surface area contributed by atoms with Gasteiger partial charge in [0.1, 0.15) is 0 Å². The maximum absolute atomic E-state index is 12.8. The molecule has 0 aromatic heterocycles. The predicted molar refractivity (Wildman–Crippen MR) is 92.5 cm³/mol. The molecule has 0 spiro atoms. The Morgan fingerprint density at radius 1 is 0.625 bits per heavy atom. The molecule has 2 unspecified atom stereocenters. The molecule has 2 aromatic rings. The van der Waals surface area contributed by atoms with Gasteiger partial charge in [-0.05, 0) is 36.4 Å². The maximum atomic E-state index is 12.8. The lowest BCUT2D eigenvalue weighted by Crippen LogP contribution is -2.40. The highest BCUT2D eigenvalue weighted by atomic mass is 16.1. The van der Waals surface area contributed by atoms with E-state index in [9.17, 15) is 9.59 Å². The molecule has 0 saturated carbocycles. The number of hydrogen-bond acceptors (Lipinski definition) is 4. The molecule has 2 aliphatic heterocycles. The molecular weight excluding hydrogens is 300 g/mol. The van der Waals surface area contributed by atoms with E-state index in [0.29, 0.717) is 22.3 Å². The van der Waals surface area contributed by atoms with Crippen LogP contribution in [-0.4, -0.2) is 23.7 Å². The Balaban J connectivity index is 1.63. The molecule has 1 aliphatic carbocycles. The molecule has 0 bridgehead atoms. The van der Waals surface area contributed by atoms with Gasteiger partial charge in [0.05, 0.1) is 12.1 Å². The van der Waals surface area contributed by atoms with Crippen LogP contribution in [0.25, 0.3) is 0 Å². The smallest absolute Gasteiger partial charge is 0.193 e. The molecule has 0 radical (unpaired) electrons. The van der Waals surface area contributed by atoms with Crippen LogP contribution in [0.3, 0.4) is 0 Å². The highest BCUT2D eigenvalue weighted by Gasteiger charge is 2.37. The summed E-state index contributed by atoms with van der Waals surface area (Å²) in [5, 5.41) is 6.72. The lowest BCUT2D eigenvalue weighted by molar-refractivity contribution is 0.101. The highest BCUT2D eigenvalue weighted by Crippen LogP contribution is 2.36. The summed E-state index contributed by atoms with van der Waals surface area (Å²) in [5.74, 6) is 0.0514.